The average molecular weight is 515 g/mol. The van der Waals surface area contributed by atoms with Crippen LogP contribution < -0.4 is 0 Å². The second-order valence-corrected chi connectivity index (χ2v) is 12.7. The summed E-state index contributed by atoms with van der Waals surface area (Å²) in [7, 11) is 0. The Morgan fingerprint density at radius 1 is 1.24 bits per heavy atom. The van der Waals surface area contributed by atoms with Gasteiger partial charge in [-0.3, -0.25) is 9.59 Å². The molecular formula is C29H38O8. The van der Waals surface area contributed by atoms with Crippen LogP contribution in [0.1, 0.15) is 66.2 Å². The predicted octanol–water partition coefficient (Wildman–Crippen LogP) is 2.65. The number of carbonyl (C=O) groups is 3. The molecule has 0 radical (unpaired) electrons. The Kier molecular flexibility index (Phi) is 5.62. The van der Waals surface area contributed by atoms with Gasteiger partial charge in [0.05, 0.1) is 11.7 Å². The summed E-state index contributed by atoms with van der Waals surface area (Å²) < 4.78 is 17.0. The van der Waals surface area contributed by atoms with Gasteiger partial charge in [0, 0.05) is 19.3 Å². The number of esters is 2. The number of hydrogen-bond acceptors (Lipinski definition) is 8. The maximum atomic E-state index is 13.1. The number of fused-ring (bicyclic) bond motifs is 4. The lowest BCUT2D eigenvalue weighted by Crippen LogP contribution is -2.69. The van der Waals surface area contributed by atoms with Crippen LogP contribution in [0.25, 0.3) is 0 Å². The average Bonchev–Trinajstić information content (AvgIpc) is 3.47. The lowest BCUT2D eigenvalue weighted by molar-refractivity contribution is -0.183. The number of cyclic esters (lactones) is 1. The molecule has 8 heteroatoms. The van der Waals surface area contributed by atoms with Crippen LogP contribution in [-0.2, 0) is 28.6 Å². The molecule has 6 rings (SSSR count). The van der Waals surface area contributed by atoms with E-state index in [9.17, 15) is 24.6 Å². The van der Waals surface area contributed by atoms with Crippen molar-refractivity contribution in [3.8, 4) is 0 Å². The van der Waals surface area contributed by atoms with Gasteiger partial charge >= 0.3 is 11.9 Å². The molecule has 202 valence electrons. The highest BCUT2D eigenvalue weighted by Gasteiger charge is 2.82. The smallest absolute Gasteiger partial charge is 0.337 e. The van der Waals surface area contributed by atoms with Crippen LogP contribution in [0.2, 0.25) is 0 Å². The van der Waals surface area contributed by atoms with Gasteiger partial charge in [-0.1, -0.05) is 19.4 Å². The van der Waals surface area contributed by atoms with Crippen LogP contribution in [0, 0.1) is 35.0 Å². The van der Waals surface area contributed by atoms with Gasteiger partial charge in [0.25, 0.3) is 0 Å². The summed E-state index contributed by atoms with van der Waals surface area (Å²) in [5, 5.41) is 22.6. The number of aliphatic hydroxyl groups excluding tert-OH is 1. The first-order valence-corrected chi connectivity index (χ1v) is 13.8. The molecule has 11 unspecified atom stereocenters. The van der Waals surface area contributed by atoms with Gasteiger partial charge in [-0.05, 0) is 80.3 Å². The van der Waals surface area contributed by atoms with Crippen molar-refractivity contribution < 1.29 is 38.8 Å². The minimum atomic E-state index is -1.67. The zero-order valence-electron chi connectivity index (χ0n) is 22.1. The number of carbonyl (C=O) groups excluding carboxylic acids is 3. The monoisotopic (exact) mass is 514 g/mol. The summed E-state index contributed by atoms with van der Waals surface area (Å²) in [5.41, 5.74) is -1.49. The fraction of sp³-hybridized carbons (Fsp3) is 0.759. The van der Waals surface area contributed by atoms with Crippen LogP contribution in [-0.4, -0.2) is 64.1 Å². The van der Waals surface area contributed by atoms with Crippen molar-refractivity contribution in [1.82, 2.24) is 0 Å². The Balaban J connectivity index is 1.22. The highest BCUT2D eigenvalue weighted by Crippen LogP contribution is 2.70. The van der Waals surface area contributed by atoms with Crippen molar-refractivity contribution in [3.63, 3.8) is 0 Å². The zero-order chi connectivity index (χ0) is 26.5. The highest BCUT2D eigenvalue weighted by atomic mass is 16.6. The fourth-order valence-corrected chi connectivity index (χ4v) is 9.40. The van der Waals surface area contributed by atoms with E-state index in [1.54, 1.807) is 0 Å². The van der Waals surface area contributed by atoms with Gasteiger partial charge in [-0.15, -0.1) is 0 Å². The molecule has 1 spiro atoms. The molecule has 0 aromatic rings. The number of aliphatic hydroxyl groups is 2. The Bertz CT molecular complexity index is 1110. The summed E-state index contributed by atoms with van der Waals surface area (Å²) >= 11 is 0. The van der Waals surface area contributed by atoms with Crippen molar-refractivity contribution in [1.29, 1.82) is 0 Å². The van der Waals surface area contributed by atoms with Gasteiger partial charge < -0.3 is 24.4 Å². The van der Waals surface area contributed by atoms with Gasteiger partial charge in [-0.2, -0.15) is 0 Å². The fourth-order valence-electron chi connectivity index (χ4n) is 9.40. The number of ether oxygens (including phenoxy) is 3. The number of epoxide rings is 1. The van der Waals surface area contributed by atoms with Gasteiger partial charge in [0.2, 0.25) is 0 Å². The van der Waals surface area contributed by atoms with E-state index in [0.717, 1.165) is 31.3 Å². The van der Waals surface area contributed by atoms with E-state index < -0.39 is 29.2 Å². The number of ketones is 1. The normalized spacial score (nSPS) is 48.9. The molecule has 2 N–H and O–H groups in total. The van der Waals surface area contributed by atoms with Crippen molar-refractivity contribution in [3.05, 3.63) is 23.3 Å². The predicted molar refractivity (Wildman–Crippen MR) is 131 cm³/mol. The zero-order valence-corrected chi connectivity index (χ0v) is 22.1. The van der Waals surface area contributed by atoms with Gasteiger partial charge in [-0.25, -0.2) is 4.79 Å². The molecule has 0 amide bonds. The topological polar surface area (TPSA) is 123 Å². The second kappa shape index (κ2) is 8.23. The highest BCUT2D eigenvalue weighted by molar-refractivity contribution is 6.00. The molecular weight excluding hydrogens is 476 g/mol. The first kappa shape index (κ1) is 25.3. The summed E-state index contributed by atoms with van der Waals surface area (Å²) in [6.45, 7) is 7.71. The molecule has 3 saturated carbocycles. The molecule has 2 heterocycles. The summed E-state index contributed by atoms with van der Waals surface area (Å²) in [4.78, 5) is 37.1. The summed E-state index contributed by atoms with van der Waals surface area (Å²) in [6.07, 6.45) is 6.28. The molecule has 1 saturated heterocycles. The van der Waals surface area contributed by atoms with Crippen LogP contribution in [0.4, 0.5) is 0 Å². The van der Waals surface area contributed by atoms with E-state index in [4.69, 9.17) is 14.2 Å². The van der Waals surface area contributed by atoms with E-state index in [2.05, 4.69) is 13.8 Å². The van der Waals surface area contributed by atoms with Crippen molar-refractivity contribution >= 4 is 17.7 Å². The van der Waals surface area contributed by atoms with E-state index >= 15 is 0 Å². The Morgan fingerprint density at radius 3 is 2.70 bits per heavy atom. The molecule has 4 fully saturated rings. The largest absolute Gasteiger partial charge is 0.461 e. The summed E-state index contributed by atoms with van der Waals surface area (Å²) in [5.74, 6) is -0.422. The van der Waals surface area contributed by atoms with E-state index in [-0.39, 0.29) is 47.8 Å². The Labute approximate surface area is 217 Å². The maximum absolute atomic E-state index is 13.1. The Hall–Kier alpha value is -2.03. The number of rotatable bonds is 4. The van der Waals surface area contributed by atoms with Crippen molar-refractivity contribution in [2.45, 2.75) is 95.7 Å². The lowest BCUT2D eigenvalue weighted by atomic mass is 9.47. The minimum Gasteiger partial charge on any atom is -0.461 e. The third kappa shape index (κ3) is 3.27. The van der Waals surface area contributed by atoms with Crippen LogP contribution >= 0.6 is 0 Å². The molecule has 11 atom stereocenters. The minimum absolute atomic E-state index is 0.0000474. The van der Waals surface area contributed by atoms with E-state index in [0.29, 0.717) is 30.3 Å². The lowest BCUT2D eigenvalue weighted by Gasteiger charge is -2.57. The van der Waals surface area contributed by atoms with E-state index in [1.807, 2.05) is 6.92 Å². The first-order chi connectivity index (χ1) is 17.4. The molecule has 0 bridgehead atoms. The van der Waals surface area contributed by atoms with Crippen LogP contribution in [0.15, 0.2) is 23.3 Å². The van der Waals surface area contributed by atoms with Gasteiger partial charge in [0.1, 0.15) is 18.8 Å². The number of hydrogen-bond donors (Lipinski definition) is 2. The van der Waals surface area contributed by atoms with E-state index in [1.165, 1.54) is 19.1 Å². The SMILES string of the molecule is CC(=O)OCC1=C(C)CC(C(C)C2CCC3C4CC5OC56C(O)C=CC(=O)C6(O)C4CCC23C)OC1=O. The second-order valence-electron chi connectivity index (χ2n) is 12.7. The van der Waals surface area contributed by atoms with Crippen LogP contribution in [0.3, 0.4) is 0 Å². The van der Waals surface area contributed by atoms with Crippen molar-refractivity contribution in [2.24, 2.45) is 35.0 Å². The third-order valence-electron chi connectivity index (χ3n) is 11.3. The third-order valence-corrected chi connectivity index (χ3v) is 11.3. The van der Waals surface area contributed by atoms with Gasteiger partial charge in [0.15, 0.2) is 17.0 Å². The maximum Gasteiger partial charge on any atom is 0.337 e. The molecule has 8 nitrogen and oxygen atoms in total. The quantitative estimate of drug-likeness (QED) is 0.434. The molecule has 37 heavy (non-hydrogen) atoms. The molecule has 0 aromatic carbocycles. The Morgan fingerprint density at radius 2 is 2.00 bits per heavy atom. The standard InChI is InChI=1S/C29H38O8/c1-14-11-22(36-26(33)18(14)13-35-16(3)30)15(2)19-5-6-20-17-12-25-29(37-25)24(32)8-7-23(31)28(29,34)21(17)9-10-27(19,20)4/h7-8,15,17,19-22,24-25,32,34H,5-6,9-13H2,1-4H3. The van der Waals surface area contributed by atoms with Crippen LogP contribution in [0.5, 0.6) is 0 Å². The summed E-state index contributed by atoms with van der Waals surface area (Å²) in [6, 6.07) is 0. The van der Waals surface area contributed by atoms with Crippen molar-refractivity contribution in [2.75, 3.05) is 6.61 Å². The first-order valence-electron chi connectivity index (χ1n) is 13.8. The molecule has 0 aromatic heterocycles. The molecule has 6 aliphatic rings. The molecule has 2 aliphatic heterocycles. The molecule has 4 aliphatic carbocycles.